The quantitative estimate of drug-likeness (QED) is 0.919. The Hall–Kier alpha value is -1.29. The molecule has 2 nitrogen and oxygen atoms in total. The van der Waals surface area contributed by atoms with Crippen LogP contribution in [0, 0.1) is 5.82 Å². The average molecular weight is 300 g/mol. The second-order valence-electron chi connectivity index (χ2n) is 4.01. The molecule has 0 radical (unpaired) electrons. The third-order valence-corrected chi connectivity index (χ3v) is 3.06. The Morgan fingerprint density at radius 1 is 1.00 bits per heavy atom. The van der Waals surface area contributed by atoms with Gasteiger partial charge >= 0.3 is 0 Å². The molecule has 0 amide bonds. The van der Waals surface area contributed by atoms with Crippen molar-refractivity contribution in [3.8, 4) is 5.75 Å². The van der Waals surface area contributed by atoms with Crippen LogP contribution < -0.4 is 10.5 Å². The highest BCUT2D eigenvalue weighted by Crippen LogP contribution is 2.25. The van der Waals surface area contributed by atoms with Gasteiger partial charge in [0.05, 0.1) is 0 Å². The Bertz CT molecular complexity index is 569. The zero-order valence-corrected chi connectivity index (χ0v) is 11.5. The molecule has 2 N–H and O–H groups in total. The lowest BCUT2D eigenvalue weighted by Crippen LogP contribution is -2.05. The molecule has 100 valence electrons. The van der Waals surface area contributed by atoms with Gasteiger partial charge in [0, 0.05) is 16.6 Å². The topological polar surface area (TPSA) is 35.2 Å². The molecule has 0 atom stereocenters. The van der Waals surface area contributed by atoms with Crippen LogP contribution in [0.1, 0.15) is 11.1 Å². The molecule has 0 spiro atoms. The Morgan fingerprint density at radius 3 is 2.32 bits per heavy atom. The molecule has 2 aromatic rings. The van der Waals surface area contributed by atoms with Gasteiger partial charge in [-0.2, -0.15) is 0 Å². The SMILES string of the molecule is NCc1ccc(F)cc1COc1cc(Cl)cc(Cl)c1. The molecule has 5 heteroatoms. The highest BCUT2D eigenvalue weighted by Gasteiger charge is 2.05. The Morgan fingerprint density at radius 2 is 1.68 bits per heavy atom. The molecule has 0 aromatic heterocycles. The van der Waals surface area contributed by atoms with Gasteiger partial charge in [-0.15, -0.1) is 0 Å². The fraction of sp³-hybridized carbons (Fsp3) is 0.143. The van der Waals surface area contributed by atoms with E-state index >= 15 is 0 Å². The van der Waals surface area contributed by atoms with Crippen LogP contribution in [0.25, 0.3) is 0 Å². The van der Waals surface area contributed by atoms with Gasteiger partial charge in [-0.25, -0.2) is 4.39 Å². The molecule has 0 heterocycles. The molecular formula is C14H12Cl2FNO. The highest BCUT2D eigenvalue weighted by molar-refractivity contribution is 6.34. The average Bonchev–Trinajstić information content (AvgIpc) is 2.35. The summed E-state index contributed by atoms with van der Waals surface area (Å²) in [5.41, 5.74) is 7.15. The van der Waals surface area contributed by atoms with Gasteiger partial charge in [0.1, 0.15) is 18.2 Å². The molecule has 19 heavy (non-hydrogen) atoms. The first kappa shape index (κ1) is 14.1. The van der Waals surface area contributed by atoms with E-state index in [1.807, 2.05) is 0 Å². The molecule has 0 saturated heterocycles. The molecule has 0 bridgehead atoms. The van der Waals surface area contributed by atoms with Crippen molar-refractivity contribution >= 4 is 23.2 Å². The van der Waals surface area contributed by atoms with Crippen LogP contribution in [-0.4, -0.2) is 0 Å². The summed E-state index contributed by atoms with van der Waals surface area (Å²) in [6.45, 7) is 0.538. The van der Waals surface area contributed by atoms with E-state index in [1.54, 1.807) is 24.3 Å². The molecule has 2 rings (SSSR count). The Labute approximate surface area is 120 Å². The van der Waals surface area contributed by atoms with Crippen LogP contribution in [0.2, 0.25) is 10.0 Å². The maximum Gasteiger partial charge on any atom is 0.123 e. The molecule has 0 saturated carbocycles. The predicted octanol–water partition coefficient (Wildman–Crippen LogP) is 4.17. The van der Waals surface area contributed by atoms with Gasteiger partial charge in [0.15, 0.2) is 0 Å². The fourth-order valence-electron chi connectivity index (χ4n) is 1.70. The van der Waals surface area contributed by atoms with E-state index in [0.717, 1.165) is 5.56 Å². The van der Waals surface area contributed by atoms with E-state index in [1.165, 1.54) is 12.1 Å². The summed E-state index contributed by atoms with van der Waals surface area (Å²) in [5, 5.41) is 0.974. The van der Waals surface area contributed by atoms with Crippen molar-refractivity contribution < 1.29 is 9.13 Å². The van der Waals surface area contributed by atoms with Crippen molar-refractivity contribution in [3.05, 3.63) is 63.4 Å². The Balaban J connectivity index is 2.16. The summed E-state index contributed by atoms with van der Waals surface area (Å²) in [5.74, 6) is 0.213. The van der Waals surface area contributed by atoms with Gasteiger partial charge in [-0.1, -0.05) is 29.3 Å². The number of benzene rings is 2. The first-order chi connectivity index (χ1) is 9.08. The molecule has 0 fully saturated rings. The first-order valence-corrected chi connectivity index (χ1v) is 6.40. The number of halogens is 3. The largest absolute Gasteiger partial charge is 0.489 e. The summed E-state index contributed by atoms with van der Waals surface area (Å²) < 4.78 is 18.8. The fourth-order valence-corrected chi connectivity index (χ4v) is 2.21. The molecular weight excluding hydrogens is 288 g/mol. The maximum atomic E-state index is 13.2. The van der Waals surface area contributed by atoms with Crippen LogP contribution in [0.15, 0.2) is 36.4 Å². The summed E-state index contributed by atoms with van der Waals surface area (Å²) in [6, 6.07) is 9.35. The minimum Gasteiger partial charge on any atom is -0.489 e. The third-order valence-electron chi connectivity index (χ3n) is 2.62. The number of rotatable bonds is 4. The number of hydrogen-bond acceptors (Lipinski definition) is 2. The number of hydrogen-bond donors (Lipinski definition) is 1. The van der Waals surface area contributed by atoms with Crippen molar-refractivity contribution in [1.29, 1.82) is 0 Å². The minimum absolute atomic E-state index is 0.209. The van der Waals surface area contributed by atoms with Crippen molar-refractivity contribution in [2.45, 2.75) is 13.2 Å². The van der Waals surface area contributed by atoms with Gasteiger partial charge in [-0.3, -0.25) is 0 Å². The summed E-state index contributed by atoms with van der Waals surface area (Å²) in [6.07, 6.45) is 0. The van der Waals surface area contributed by atoms with E-state index in [-0.39, 0.29) is 12.4 Å². The molecule has 2 aromatic carbocycles. The lowest BCUT2D eigenvalue weighted by molar-refractivity contribution is 0.304. The Kier molecular flexibility index (Phi) is 4.64. The second-order valence-corrected chi connectivity index (χ2v) is 4.88. The normalized spacial score (nSPS) is 10.5. The van der Waals surface area contributed by atoms with Crippen molar-refractivity contribution in [3.63, 3.8) is 0 Å². The van der Waals surface area contributed by atoms with E-state index in [0.29, 0.717) is 27.9 Å². The van der Waals surface area contributed by atoms with Crippen LogP contribution in [0.3, 0.4) is 0 Å². The van der Waals surface area contributed by atoms with E-state index in [2.05, 4.69) is 0 Å². The molecule has 0 aliphatic heterocycles. The number of ether oxygens (including phenoxy) is 1. The monoisotopic (exact) mass is 299 g/mol. The lowest BCUT2D eigenvalue weighted by Gasteiger charge is -2.10. The summed E-state index contributed by atoms with van der Waals surface area (Å²) >= 11 is 11.7. The zero-order valence-electron chi connectivity index (χ0n) is 10.00. The zero-order chi connectivity index (χ0) is 13.8. The van der Waals surface area contributed by atoms with Crippen molar-refractivity contribution in [2.75, 3.05) is 0 Å². The molecule has 0 aliphatic carbocycles. The summed E-state index contributed by atoms with van der Waals surface area (Å²) in [4.78, 5) is 0. The highest BCUT2D eigenvalue weighted by atomic mass is 35.5. The molecule has 0 aliphatic rings. The van der Waals surface area contributed by atoms with Gasteiger partial charge < -0.3 is 10.5 Å². The summed E-state index contributed by atoms with van der Waals surface area (Å²) in [7, 11) is 0. The third kappa shape index (κ3) is 3.83. The predicted molar refractivity (Wildman–Crippen MR) is 75.1 cm³/mol. The van der Waals surface area contributed by atoms with Crippen LogP contribution in [-0.2, 0) is 13.2 Å². The van der Waals surface area contributed by atoms with Gasteiger partial charge in [0.25, 0.3) is 0 Å². The van der Waals surface area contributed by atoms with Crippen molar-refractivity contribution in [1.82, 2.24) is 0 Å². The lowest BCUT2D eigenvalue weighted by atomic mass is 10.1. The smallest absolute Gasteiger partial charge is 0.123 e. The minimum atomic E-state index is -0.320. The number of nitrogens with two attached hydrogens (primary N) is 1. The van der Waals surface area contributed by atoms with Crippen LogP contribution in [0.4, 0.5) is 4.39 Å². The van der Waals surface area contributed by atoms with Crippen molar-refractivity contribution in [2.24, 2.45) is 5.73 Å². The first-order valence-electron chi connectivity index (χ1n) is 5.65. The second kappa shape index (κ2) is 6.24. The van der Waals surface area contributed by atoms with Crippen LogP contribution in [0.5, 0.6) is 5.75 Å². The van der Waals surface area contributed by atoms with Gasteiger partial charge in [0.2, 0.25) is 0 Å². The molecule has 0 unspecified atom stereocenters. The van der Waals surface area contributed by atoms with Gasteiger partial charge in [-0.05, 0) is 41.5 Å². The maximum absolute atomic E-state index is 13.2. The van der Waals surface area contributed by atoms with Crippen LogP contribution >= 0.6 is 23.2 Å². The van der Waals surface area contributed by atoms with E-state index in [4.69, 9.17) is 33.7 Å². The van der Waals surface area contributed by atoms with E-state index < -0.39 is 0 Å². The van der Waals surface area contributed by atoms with E-state index in [9.17, 15) is 4.39 Å². The standard InChI is InChI=1S/C14H12Cl2FNO/c15-11-4-12(16)6-14(5-11)19-8-10-3-13(17)2-1-9(10)7-18/h1-6H,7-8,18H2.